The maximum absolute atomic E-state index is 11.7. The second kappa shape index (κ2) is 4.82. The SMILES string of the molecule is O=C(O)CCC1CCC(=O)N1C1CCOC1. The van der Waals surface area contributed by atoms with Crippen molar-refractivity contribution in [2.45, 2.75) is 44.2 Å². The molecule has 0 saturated carbocycles. The second-order valence-electron chi connectivity index (χ2n) is 4.44. The minimum absolute atomic E-state index is 0.107. The standard InChI is InChI=1S/C11H17NO4/c13-10-3-1-8(2-4-11(14)15)12(10)9-5-6-16-7-9/h8-9H,1-7H2,(H,14,15). The van der Waals surface area contributed by atoms with Gasteiger partial charge in [-0.25, -0.2) is 0 Å². The van der Waals surface area contributed by atoms with Gasteiger partial charge >= 0.3 is 5.97 Å². The number of carbonyl (C=O) groups excluding carboxylic acids is 1. The Morgan fingerprint density at radius 1 is 1.50 bits per heavy atom. The zero-order valence-electron chi connectivity index (χ0n) is 9.22. The van der Waals surface area contributed by atoms with Crippen molar-refractivity contribution in [2.24, 2.45) is 0 Å². The maximum Gasteiger partial charge on any atom is 0.303 e. The number of aliphatic carboxylic acids is 1. The zero-order valence-corrected chi connectivity index (χ0v) is 9.22. The van der Waals surface area contributed by atoms with E-state index >= 15 is 0 Å². The quantitative estimate of drug-likeness (QED) is 0.765. The molecule has 0 aromatic rings. The van der Waals surface area contributed by atoms with Gasteiger partial charge in [0, 0.05) is 25.5 Å². The Labute approximate surface area is 94.4 Å². The van der Waals surface area contributed by atoms with Crippen LogP contribution in [0.15, 0.2) is 0 Å². The highest BCUT2D eigenvalue weighted by Gasteiger charge is 2.37. The molecular weight excluding hydrogens is 210 g/mol. The first-order valence-corrected chi connectivity index (χ1v) is 5.79. The fourth-order valence-electron chi connectivity index (χ4n) is 2.58. The summed E-state index contributed by atoms with van der Waals surface area (Å²) in [7, 11) is 0. The topological polar surface area (TPSA) is 66.8 Å². The van der Waals surface area contributed by atoms with Crippen molar-refractivity contribution in [3.05, 3.63) is 0 Å². The smallest absolute Gasteiger partial charge is 0.303 e. The maximum atomic E-state index is 11.7. The lowest BCUT2D eigenvalue weighted by Gasteiger charge is -2.29. The molecule has 0 radical (unpaired) electrons. The number of hydrogen-bond donors (Lipinski definition) is 1. The van der Waals surface area contributed by atoms with Crippen molar-refractivity contribution in [3.8, 4) is 0 Å². The Bertz CT molecular complexity index is 286. The van der Waals surface area contributed by atoms with Gasteiger partial charge in [0.15, 0.2) is 0 Å². The molecule has 2 fully saturated rings. The Balaban J connectivity index is 1.95. The first kappa shape index (κ1) is 11.4. The molecule has 2 aliphatic rings. The van der Waals surface area contributed by atoms with Crippen LogP contribution >= 0.6 is 0 Å². The van der Waals surface area contributed by atoms with Gasteiger partial charge in [0.25, 0.3) is 0 Å². The fraction of sp³-hybridized carbons (Fsp3) is 0.818. The van der Waals surface area contributed by atoms with Crippen LogP contribution in [0.3, 0.4) is 0 Å². The summed E-state index contributed by atoms with van der Waals surface area (Å²) < 4.78 is 5.28. The Hall–Kier alpha value is -1.10. The molecule has 5 heteroatoms. The minimum Gasteiger partial charge on any atom is -0.481 e. The van der Waals surface area contributed by atoms with Crippen molar-refractivity contribution in [3.63, 3.8) is 0 Å². The molecule has 2 aliphatic heterocycles. The van der Waals surface area contributed by atoms with E-state index in [2.05, 4.69) is 0 Å². The van der Waals surface area contributed by atoms with Gasteiger partial charge in [-0.1, -0.05) is 0 Å². The number of ether oxygens (including phenoxy) is 1. The van der Waals surface area contributed by atoms with E-state index in [1.165, 1.54) is 0 Å². The van der Waals surface area contributed by atoms with Crippen LogP contribution in [-0.2, 0) is 14.3 Å². The van der Waals surface area contributed by atoms with Crippen molar-refractivity contribution in [1.29, 1.82) is 0 Å². The van der Waals surface area contributed by atoms with Gasteiger partial charge in [-0.3, -0.25) is 9.59 Å². The molecule has 2 rings (SSSR count). The number of carboxylic acid groups (broad SMARTS) is 1. The lowest BCUT2D eigenvalue weighted by molar-refractivity contribution is -0.138. The number of nitrogens with zero attached hydrogens (tertiary/aromatic N) is 1. The molecule has 0 spiro atoms. The van der Waals surface area contributed by atoms with E-state index in [-0.39, 0.29) is 24.4 Å². The lowest BCUT2D eigenvalue weighted by Crippen LogP contribution is -2.42. The normalized spacial score (nSPS) is 30.0. The van der Waals surface area contributed by atoms with Crippen molar-refractivity contribution in [1.82, 2.24) is 4.90 Å². The summed E-state index contributed by atoms with van der Waals surface area (Å²) in [6.07, 6.45) is 2.94. The van der Waals surface area contributed by atoms with Gasteiger partial charge < -0.3 is 14.7 Å². The van der Waals surface area contributed by atoms with Gasteiger partial charge in [0.05, 0.1) is 12.6 Å². The molecule has 0 aromatic heterocycles. The molecule has 5 nitrogen and oxygen atoms in total. The Kier molecular flexibility index (Phi) is 3.43. The van der Waals surface area contributed by atoms with Gasteiger partial charge in [0.1, 0.15) is 0 Å². The molecule has 1 N–H and O–H groups in total. The molecule has 2 heterocycles. The zero-order chi connectivity index (χ0) is 11.5. The molecule has 0 aromatic carbocycles. The third-order valence-corrected chi connectivity index (χ3v) is 3.36. The molecule has 2 atom stereocenters. The number of likely N-dealkylation sites (tertiary alicyclic amines) is 1. The van der Waals surface area contributed by atoms with E-state index in [4.69, 9.17) is 9.84 Å². The van der Waals surface area contributed by atoms with E-state index in [0.29, 0.717) is 26.1 Å². The van der Waals surface area contributed by atoms with Crippen LogP contribution in [0.1, 0.15) is 32.1 Å². The van der Waals surface area contributed by atoms with Gasteiger partial charge in [-0.2, -0.15) is 0 Å². The summed E-state index contributed by atoms with van der Waals surface area (Å²) >= 11 is 0. The summed E-state index contributed by atoms with van der Waals surface area (Å²) in [4.78, 5) is 24.1. The summed E-state index contributed by atoms with van der Waals surface area (Å²) in [6.45, 7) is 1.31. The highest BCUT2D eigenvalue weighted by molar-refractivity contribution is 5.79. The predicted molar refractivity (Wildman–Crippen MR) is 56.0 cm³/mol. The fourth-order valence-corrected chi connectivity index (χ4v) is 2.58. The molecule has 0 aliphatic carbocycles. The Morgan fingerprint density at radius 3 is 2.94 bits per heavy atom. The van der Waals surface area contributed by atoms with E-state index in [1.807, 2.05) is 4.90 Å². The average Bonchev–Trinajstić information content (AvgIpc) is 2.83. The predicted octanol–water partition coefficient (Wildman–Crippen LogP) is 0.631. The van der Waals surface area contributed by atoms with Crippen LogP contribution in [0.2, 0.25) is 0 Å². The summed E-state index contributed by atoms with van der Waals surface area (Å²) in [5, 5.41) is 8.66. The van der Waals surface area contributed by atoms with E-state index in [9.17, 15) is 9.59 Å². The van der Waals surface area contributed by atoms with Gasteiger partial charge in [-0.05, 0) is 19.3 Å². The number of hydrogen-bond acceptors (Lipinski definition) is 3. The van der Waals surface area contributed by atoms with Crippen LogP contribution < -0.4 is 0 Å². The number of carbonyl (C=O) groups is 2. The van der Waals surface area contributed by atoms with E-state index in [1.54, 1.807) is 0 Å². The highest BCUT2D eigenvalue weighted by atomic mass is 16.5. The molecule has 16 heavy (non-hydrogen) atoms. The van der Waals surface area contributed by atoms with Crippen LogP contribution in [-0.4, -0.2) is 47.2 Å². The monoisotopic (exact) mass is 227 g/mol. The highest BCUT2D eigenvalue weighted by Crippen LogP contribution is 2.28. The average molecular weight is 227 g/mol. The third kappa shape index (κ3) is 2.35. The number of rotatable bonds is 4. The van der Waals surface area contributed by atoms with Crippen LogP contribution in [0.4, 0.5) is 0 Å². The van der Waals surface area contributed by atoms with Gasteiger partial charge in [-0.15, -0.1) is 0 Å². The molecule has 0 bridgehead atoms. The summed E-state index contributed by atoms with van der Waals surface area (Å²) in [5.41, 5.74) is 0. The molecular formula is C11H17NO4. The lowest BCUT2D eigenvalue weighted by atomic mass is 10.1. The van der Waals surface area contributed by atoms with Crippen LogP contribution in [0.5, 0.6) is 0 Å². The largest absolute Gasteiger partial charge is 0.481 e. The minimum atomic E-state index is -0.790. The van der Waals surface area contributed by atoms with Crippen molar-refractivity contribution >= 4 is 11.9 Å². The van der Waals surface area contributed by atoms with E-state index in [0.717, 1.165) is 12.8 Å². The van der Waals surface area contributed by atoms with Crippen molar-refractivity contribution in [2.75, 3.05) is 13.2 Å². The molecule has 1 amide bonds. The summed E-state index contributed by atoms with van der Waals surface area (Å²) in [6, 6.07) is 0.282. The third-order valence-electron chi connectivity index (χ3n) is 3.36. The first-order valence-electron chi connectivity index (χ1n) is 5.79. The molecule has 90 valence electrons. The van der Waals surface area contributed by atoms with Crippen LogP contribution in [0.25, 0.3) is 0 Å². The summed E-state index contributed by atoms with van der Waals surface area (Å²) in [5.74, 6) is -0.632. The molecule has 2 saturated heterocycles. The van der Waals surface area contributed by atoms with Gasteiger partial charge in [0.2, 0.25) is 5.91 Å². The Morgan fingerprint density at radius 2 is 2.31 bits per heavy atom. The number of amides is 1. The van der Waals surface area contributed by atoms with Crippen LogP contribution in [0, 0.1) is 0 Å². The first-order chi connectivity index (χ1) is 7.68. The molecule has 2 unspecified atom stereocenters. The van der Waals surface area contributed by atoms with E-state index < -0.39 is 5.97 Å². The second-order valence-corrected chi connectivity index (χ2v) is 4.44. The number of carboxylic acids is 1. The van der Waals surface area contributed by atoms with Crippen molar-refractivity contribution < 1.29 is 19.4 Å².